The summed E-state index contributed by atoms with van der Waals surface area (Å²) >= 11 is 0. The molecule has 0 aromatic heterocycles. The van der Waals surface area contributed by atoms with Crippen LogP contribution in [0.15, 0.2) is 18.2 Å². The first-order valence-corrected chi connectivity index (χ1v) is 7.67. The molecule has 0 fully saturated rings. The molecule has 0 aliphatic rings. The maximum atomic E-state index is 13.4. The zero-order chi connectivity index (χ0) is 18.6. The first kappa shape index (κ1) is 19.0. The van der Waals surface area contributed by atoms with E-state index in [0.717, 1.165) is 16.9 Å². The van der Waals surface area contributed by atoms with Crippen LogP contribution in [-0.2, 0) is 0 Å². The third-order valence-corrected chi connectivity index (χ3v) is 3.54. The lowest BCUT2D eigenvalue weighted by Crippen LogP contribution is -2.09. The quantitative estimate of drug-likeness (QED) is 0.291. The van der Waals surface area contributed by atoms with Crippen molar-refractivity contribution < 1.29 is 31.4 Å². The lowest BCUT2D eigenvalue weighted by molar-refractivity contribution is 0.240. The van der Waals surface area contributed by atoms with E-state index in [1.165, 1.54) is 0 Å². The lowest BCUT2D eigenvalue weighted by atomic mass is 10.1. The summed E-state index contributed by atoms with van der Waals surface area (Å²) in [4.78, 5) is 0. The number of benzene rings is 2. The van der Waals surface area contributed by atoms with Crippen LogP contribution < -0.4 is 9.47 Å². The van der Waals surface area contributed by atoms with Gasteiger partial charge >= 0.3 is 0 Å². The molecule has 0 unspecified atom stereocenters. The molecule has 2 aromatic rings. The maximum Gasteiger partial charge on any atom is 0.206 e. The topological polar surface area (TPSA) is 18.5 Å². The second kappa shape index (κ2) is 8.18. The van der Waals surface area contributed by atoms with E-state index < -0.39 is 34.8 Å². The van der Waals surface area contributed by atoms with Crippen LogP contribution in [0.2, 0.25) is 0 Å². The number of ether oxygens (including phenoxy) is 2. The Kier molecular flexibility index (Phi) is 6.22. The van der Waals surface area contributed by atoms with Gasteiger partial charge in [0, 0.05) is 0 Å². The molecule has 0 aliphatic carbocycles. The van der Waals surface area contributed by atoms with Crippen LogP contribution in [0.1, 0.15) is 24.0 Å². The van der Waals surface area contributed by atoms with Gasteiger partial charge in [-0.3, -0.25) is 0 Å². The summed E-state index contributed by atoms with van der Waals surface area (Å²) < 4.78 is 76.1. The highest BCUT2D eigenvalue weighted by molar-refractivity contribution is 5.35. The van der Waals surface area contributed by atoms with Crippen LogP contribution in [0, 0.1) is 42.9 Å². The van der Waals surface area contributed by atoms with Crippen molar-refractivity contribution in [3.05, 3.63) is 58.4 Å². The second-order valence-electron chi connectivity index (χ2n) is 5.57. The Balaban J connectivity index is 1.82. The third-order valence-electron chi connectivity index (χ3n) is 3.54. The fraction of sp³-hybridized carbons (Fsp3) is 0.333. The van der Waals surface area contributed by atoms with Crippen LogP contribution in [0.25, 0.3) is 0 Å². The largest absolute Gasteiger partial charge is 0.493 e. The van der Waals surface area contributed by atoms with Crippen LogP contribution >= 0.6 is 0 Å². The van der Waals surface area contributed by atoms with Crippen LogP contribution in [-0.4, -0.2) is 13.2 Å². The monoisotopic (exact) mass is 360 g/mol. The molecule has 2 rings (SSSR count). The molecule has 0 N–H and O–H groups in total. The summed E-state index contributed by atoms with van der Waals surface area (Å²) in [6, 6.07) is 5.73. The summed E-state index contributed by atoms with van der Waals surface area (Å²) in [5.41, 5.74) is 2.10. The highest BCUT2D eigenvalue weighted by Crippen LogP contribution is 2.29. The van der Waals surface area contributed by atoms with Crippen LogP contribution in [0.3, 0.4) is 0 Å². The number of halogens is 5. The fourth-order valence-corrected chi connectivity index (χ4v) is 2.23. The van der Waals surface area contributed by atoms with E-state index in [-0.39, 0.29) is 6.61 Å². The number of hydrogen-bond acceptors (Lipinski definition) is 2. The van der Waals surface area contributed by atoms with E-state index in [2.05, 4.69) is 0 Å². The number of hydrogen-bond donors (Lipinski definition) is 0. The predicted molar refractivity (Wildman–Crippen MR) is 82.4 cm³/mol. The van der Waals surface area contributed by atoms with Gasteiger partial charge in [0.25, 0.3) is 0 Å². The van der Waals surface area contributed by atoms with Crippen molar-refractivity contribution in [1.82, 2.24) is 0 Å². The fourth-order valence-electron chi connectivity index (χ4n) is 2.23. The van der Waals surface area contributed by atoms with Crippen molar-refractivity contribution in [1.29, 1.82) is 0 Å². The Hall–Kier alpha value is -2.31. The molecule has 0 heterocycles. The van der Waals surface area contributed by atoms with Gasteiger partial charge in [0.2, 0.25) is 29.1 Å². The average Bonchev–Trinajstić information content (AvgIpc) is 2.58. The maximum absolute atomic E-state index is 13.4. The Labute approximate surface area is 142 Å². The number of aryl methyl sites for hydroxylation is 2. The Morgan fingerprint density at radius 3 is 1.80 bits per heavy atom. The van der Waals surface area contributed by atoms with E-state index in [1.54, 1.807) is 0 Å². The minimum absolute atomic E-state index is 0.200. The van der Waals surface area contributed by atoms with E-state index in [0.29, 0.717) is 19.4 Å². The molecule has 136 valence electrons. The van der Waals surface area contributed by atoms with Crippen molar-refractivity contribution in [2.45, 2.75) is 26.7 Å². The number of rotatable bonds is 7. The third kappa shape index (κ3) is 4.41. The van der Waals surface area contributed by atoms with Crippen molar-refractivity contribution in [2.24, 2.45) is 0 Å². The zero-order valence-electron chi connectivity index (χ0n) is 13.8. The van der Waals surface area contributed by atoms with E-state index >= 15 is 0 Å². The molecule has 0 bridgehead atoms. The molecule has 7 heteroatoms. The van der Waals surface area contributed by atoms with Gasteiger partial charge in [0.1, 0.15) is 5.75 Å². The van der Waals surface area contributed by atoms with Gasteiger partial charge in [-0.05, 0) is 38.3 Å². The highest BCUT2D eigenvalue weighted by Gasteiger charge is 2.26. The Bertz CT molecular complexity index is 733. The predicted octanol–water partition coefficient (Wildman–Crippen LogP) is 5.24. The summed E-state index contributed by atoms with van der Waals surface area (Å²) in [5, 5.41) is 0. The van der Waals surface area contributed by atoms with E-state index in [9.17, 15) is 22.0 Å². The first-order chi connectivity index (χ1) is 11.8. The molecular formula is C18H17F5O2. The molecule has 0 amide bonds. The molecule has 0 saturated carbocycles. The summed E-state index contributed by atoms with van der Waals surface area (Å²) in [6.45, 7) is 4.01. The first-order valence-electron chi connectivity index (χ1n) is 7.67. The number of unbranched alkanes of at least 4 members (excludes halogenated alkanes) is 1. The minimum atomic E-state index is -2.20. The van der Waals surface area contributed by atoms with Crippen LogP contribution in [0.5, 0.6) is 11.5 Å². The van der Waals surface area contributed by atoms with Gasteiger partial charge in [-0.2, -0.15) is 8.78 Å². The van der Waals surface area contributed by atoms with Gasteiger partial charge in [-0.15, -0.1) is 0 Å². The van der Waals surface area contributed by atoms with Gasteiger partial charge < -0.3 is 9.47 Å². The van der Waals surface area contributed by atoms with Gasteiger partial charge in [0.15, 0.2) is 5.75 Å². The lowest BCUT2D eigenvalue weighted by Gasteiger charge is -2.11. The second-order valence-corrected chi connectivity index (χ2v) is 5.57. The molecule has 2 aromatic carbocycles. The van der Waals surface area contributed by atoms with Gasteiger partial charge in [-0.1, -0.05) is 17.7 Å². The van der Waals surface area contributed by atoms with Gasteiger partial charge in [0.05, 0.1) is 13.2 Å². The summed E-state index contributed by atoms with van der Waals surface area (Å²) in [7, 11) is 0. The summed E-state index contributed by atoms with van der Waals surface area (Å²) in [5.74, 6) is -10.7. The Morgan fingerprint density at radius 2 is 1.24 bits per heavy atom. The molecule has 0 radical (unpaired) electrons. The van der Waals surface area contributed by atoms with Crippen molar-refractivity contribution >= 4 is 0 Å². The van der Waals surface area contributed by atoms with E-state index in [1.807, 2.05) is 32.0 Å². The minimum Gasteiger partial charge on any atom is -0.493 e. The van der Waals surface area contributed by atoms with Crippen molar-refractivity contribution in [3.63, 3.8) is 0 Å². The van der Waals surface area contributed by atoms with Gasteiger partial charge in [-0.25, -0.2) is 13.2 Å². The molecular weight excluding hydrogens is 343 g/mol. The smallest absolute Gasteiger partial charge is 0.206 e. The molecule has 0 spiro atoms. The molecule has 0 aliphatic heterocycles. The summed E-state index contributed by atoms with van der Waals surface area (Å²) in [6.07, 6.45) is 0.813. The normalized spacial score (nSPS) is 10.8. The molecule has 2 nitrogen and oxygen atoms in total. The molecule has 0 atom stereocenters. The molecule has 25 heavy (non-hydrogen) atoms. The SMILES string of the molecule is Cc1ccc(OCCCCOc2c(F)c(F)c(F)c(F)c2F)c(C)c1. The zero-order valence-corrected chi connectivity index (χ0v) is 13.8. The van der Waals surface area contributed by atoms with Crippen molar-refractivity contribution in [2.75, 3.05) is 13.2 Å². The van der Waals surface area contributed by atoms with E-state index in [4.69, 9.17) is 9.47 Å². The van der Waals surface area contributed by atoms with Crippen LogP contribution in [0.4, 0.5) is 22.0 Å². The average molecular weight is 360 g/mol. The molecule has 0 saturated heterocycles. The Morgan fingerprint density at radius 1 is 0.720 bits per heavy atom. The highest BCUT2D eigenvalue weighted by atomic mass is 19.2. The standard InChI is InChI=1S/C18H17F5O2/c1-10-5-6-12(11(2)9-10)24-7-3-4-8-25-18-16(22)14(20)13(19)15(21)17(18)23/h5-6,9H,3-4,7-8H2,1-2H3. The van der Waals surface area contributed by atoms with Crippen molar-refractivity contribution in [3.8, 4) is 11.5 Å².